The first-order chi connectivity index (χ1) is 9.18. The Hall–Kier alpha value is -0.740. The lowest BCUT2D eigenvalue weighted by molar-refractivity contribution is 0.267. The summed E-state index contributed by atoms with van der Waals surface area (Å²) in [6, 6.07) is 0.141. The molecule has 2 N–H and O–H groups in total. The molecule has 3 nitrogen and oxygen atoms in total. The van der Waals surface area contributed by atoms with Gasteiger partial charge in [0.25, 0.3) is 0 Å². The molecular formula is C15H20BrNO2. The Kier molecular flexibility index (Phi) is 3.72. The van der Waals surface area contributed by atoms with E-state index >= 15 is 0 Å². The van der Waals surface area contributed by atoms with Gasteiger partial charge < -0.3 is 15.2 Å². The molecule has 0 spiro atoms. The van der Waals surface area contributed by atoms with Crippen molar-refractivity contribution in [2.45, 2.75) is 45.1 Å². The zero-order chi connectivity index (χ0) is 13.4. The summed E-state index contributed by atoms with van der Waals surface area (Å²) in [6.45, 7) is 3.67. The van der Waals surface area contributed by atoms with E-state index in [1.165, 1.54) is 16.7 Å². The number of ether oxygens (including phenoxy) is 2. The number of hydrogen-bond acceptors (Lipinski definition) is 3. The van der Waals surface area contributed by atoms with E-state index in [2.05, 4.69) is 15.9 Å². The SMILES string of the molecule is CC(N)Cc1c2c(c(Br)c3c1OCCC3)OCCC2. The van der Waals surface area contributed by atoms with Crippen molar-refractivity contribution < 1.29 is 9.47 Å². The number of hydrogen-bond donors (Lipinski definition) is 1. The van der Waals surface area contributed by atoms with Crippen LogP contribution in [0.4, 0.5) is 0 Å². The number of nitrogens with two attached hydrogens (primary N) is 1. The highest BCUT2D eigenvalue weighted by atomic mass is 79.9. The van der Waals surface area contributed by atoms with Gasteiger partial charge in [0.15, 0.2) is 0 Å². The Bertz CT molecular complexity index is 462. The molecule has 2 heterocycles. The van der Waals surface area contributed by atoms with Gasteiger partial charge in [-0.3, -0.25) is 0 Å². The summed E-state index contributed by atoms with van der Waals surface area (Å²) in [5.74, 6) is 2.10. The van der Waals surface area contributed by atoms with Crippen molar-refractivity contribution in [1.29, 1.82) is 0 Å². The van der Waals surface area contributed by atoms with E-state index in [-0.39, 0.29) is 6.04 Å². The van der Waals surface area contributed by atoms with Crippen LogP contribution in [0.5, 0.6) is 11.5 Å². The molecule has 4 heteroatoms. The minimum Gasteiger partial charge on any atom is -0.493 e. The molecule has 0 aromatic heterocycles. The van der Waals surface area contributed by atoms with Crippen LogP contribution in [0, 0.1) is 0 Å². The average molecular weight is 326 g/mol. The van der Waals surface area contributed by atoms with E-state index in [4.69, 9.17) is 15.2 Å². The maximum atomic E-state index is 6.02. The zero-order valence-electron chi connectivity index (χ0n) is 11.3. The fourth-order valence-corrected chi connectivity index (χ4v) is 3.75. The molecule has 2 aliphatic rings. The van der Waals surface area contributed by atoms with Crippen LogP contribution in [0.3, 0.4) is 0 Å². The van der Waals surface area contributed by atoms with Crippen LogP contribution in [-0.2, 0) is 19.3 Å². The van der Waals surface area contributed by atoms with Crippen molar-refractivity contribution in [3.8, 4) is 11.5 Å². The maximum absolute atomic E-state index is 6.02. The van der Waals surface area contributed by atoms with Crippen molar-refractivity contribution >= 4 is 15.9 Å². The van der Waals surface area contributed by atoms with Gasteiger partial charge in [0, 0.05) is 22.7 Å². The van der Waals surface area contributed by atoms with Crippen LogP contribution in [0.1, 0.15) is 36.5 Å². The Morgan fingerprint density at radius 3 is 2.42 bits per heavy atom. The summed E-state index contributed by atoms with van der Waals surface area (Å²) < 4.78 is 13.0. The third-order valence-electron chi connectivity index (χ3n) is 3.81. The first kappa shape index (κ1) is 13.3. The third kappa shape index (κ3) is 2.36. The minimum atomic E-state index is 0.141. The summed E-state index contributed by atoms with van der Waals surface area (Å²) in [5, 5.41) is 0. The summed E-state index contributed by atoms with van der Waals surface area (Å²) in [4.78, 5) is 0. The predicted octanol–water partition coefficient (Wildman–Crippen LogP) is 2.99. The van der Waals surface area contributed by atoms with E-state index in [0.29, 0.717) is 0 Å². The number of benzene rings is 1. The zero-order valence-corrected chi connectivity index (χ0v) is 12.9. The molecular weight excluding hydrogens is 306 g/mol. The molecule has 0 saturated heterocycles. The van der Waals surface area contributed by atoms with Crippen LogP contribution in [-0.4, -0.2) is 19.3 Å². The van der Waals surface area contributed by atoms with Gasteiger partial charge in [0.2, 0.25) is 0 Å². The van der Waals surface area contributed by atoms with Gasteiger partial charge in [-0.1, -0.05) is 0 Å². The Balaban J connectivity index is 2.18. The molecule has 2 aliphatic heterocycles. The Morgan fingerprint density at radius 2 is 1.74 bits per heavy atom. The quantitative estimate of drug-likeness (QED) is 0.909. The van der Waals surface area contributed by atoms with Crippen LogP contribution in [0.2, 0.25) is 0 Å². The molecule has 1 atom stereocenters. The number of rotatable bonds is 2. The molecule has 0 bridgehead atoms. The minimum absolute atomic E-state index is 0.141. The topological polar surface area (TPSA) is 44.5 Å². The molecule has 0 fully saturated rings. The smallest absolute Gasteiger partial charge is 0.137 e. The summed E-state index contributed by atoms with van der Waals surface area (Å²) in [5.41, 5.74) is 9.87. The van der Waals surface area contributed by atoms with Gasteiger partial charge in [-0.2, -0.15) is 0 Å². The number of halogens is 1. The molecule has 0 amide bonds. The van der Waals surface area contributed by atoms with Crippen molar-refractivity contribution in [2.24, 2.45) is 5.73 Å². The van der Waals surface area contributed by atoms with Crippen molar-refractivity contribution in [3.05, 3.63) is 21.2 Å². The monoisotopic (exact) mass is 325 g/mol. The lowest BCUT2D eigenvalue weighted by atomic mass is 9.90. The molecule has 1 aromatic rings. The second-order valence-corrected chi connectivity index (χ2v) is 6.29. The lowest BCUT2D eigenvalue weighted by Gasteiger charge is -2.29. The second kappa shape index (κ2) is 5.33. The average Bonchev–Trinajstić information content (AvgIpc) is 2.43. The largest absolute Gasteiger partial charge is 0.493 e. The Morgan fingerprint density at radius 1 is 1.11 bits per heavy atom. The summed E-state index contributed by atoms with van der Waals surface area (Å²) >= 11 is 3.72. The first-order valence-electron chi connectivity index (χ1n) is 7.05. The molecule has 19 heavy (non-hydrogen) atoms. The molecule has 1 unspecified atom stereocenters. The van der Waals surface area contributed by atoms with E-state index in [9.17, 15) is 0 Å². The number of fused-ring (bicyclic) bond motifs is 2. The van der Waals surface area contributed by atoms with E-state index < -0.39 is 0 Å². The molecule has 1 aromatic carbocycles. The molecule has 104 valence electrons. The summed E-state index contributed by atoms with van der Waals surface area (Å²) in [7, 11) is 0. The van der Waals surface area contributed by atoms with Crippen molar-refractivity contribution in [3.63, 3.8) is 0 Å². The van der Waals surface area contributed by atoms with Gasteiger partial charge in [0.05, 0.1) is 17.7 Å². The molecule has 0 radical (unpaired) electrons. The van der Waals surface area contributed by atoms with Crippen LogP contribution < -0.4 is 15.2 Å². The molecule has 0 saturated carbocycles. The maximum Gasteiger partial charge on any atom is 0.137 e. The van der Waals surface area contributed by atoms with Crippen LogP contribution in [0.25, 0.3) is 0 Å². The first-order valence-corrected chi connectivity index (χ1v) is 7.85. The Labute approximate surface area is 122 Å². The normalized spacial score (nSPS) is 18.9. The lowest BCUT2D eigenvalue weighted by Crippen LogP contribution is -2.23. The van der Waals surface area contributed by atoms with E-state index in [1.807, 2.05) is 6.92 Å². The van der Waals surface area contributed by atoms with Crippen LogP contribution in [0.15, 0.2) is 4.47 Å². The fraction of sp³-hybridized carbons (Fsp3) is 0.600. The van der Waals surface area contributed by atoms with Gasteiger partial charge in [-0.15, -0.1) is 0 Å². The van der Waals surface area contributed by atoms with Crippen molar-refractivity contribution in [1.82, 2.24) is 0 Å². The second-order valence-electron chi connectivity index (χ2n) is 5.49. The fourth-order valence-electron chi connectivity index (χ4n) is 3.02. The molecule has 3 rings (SSSR count). The van der Waals surface area contributed by atoms with Gasteiger partial charge in [-0.25, -0.2) is 0 Å². The van der Waals surface area contributed by atoms with Gasteiger partial charge in [0.1, 0.15) is 11.5 Å². The van der Waals surface area contributed by atoms with Gasteiger partial charge >= 0.3 is 0 Å². The predicted molar refractivity (Wildman–Crippen MR) is 79.1 cm³/mol. The van der Waals surface area contributed by atoms with Gasteiger partial charge in [-0.05, 0) is 55.0 Å². The van der Waals surface area contributed by atoms with Crippen molar-refractivity contribution in [2.75, 3.05) is 13.2 Å². The standard InChI is InChI=1S/C15H20BrNO2/c1-9(17)8-12-10-4-2-7-19-15(10)13(16)11-5-3-6-18-14(11)12/h9H,2-8,17H2,1H3. The third-order valence-corrected chi connectivity index (χ3v) is 4.65. The highest BCUT2D eigenvalue weighted by Gasteiger charge is 2.28. The highest BCUT2D eigenvalue weighted by molar-refractivity contribution is 9.10. The van der Waals surface area contributed by atoms with E-state index in [0.717, 1.165) is 61.3 Å². The molecule has 0 aliphatic carbocycles. The highest BCUT2D eigenvalue weighted by Crippen LogP contribution is 2.46. The summed E-state index contributed by atoms with van der Waals surface area (Å²) in [6.07, 6.45) is 5.12. The van der Waals surface area contributed by atoms with E-state index in [1.54, 1.807) is 0 Å². The van der Waals surface area contributed by atoms with Crippen LogP contribution >= 0.6 is 15.9 Å².